The van der Waals surface area contributed by atoms with Gasteiger partial charge in [0.1, 0.15) is 0 Å². The summed E-state index contributed by atoms with van der Waals surface area (Å²) in [5.41, 5.74) is -0.678. The molecule has 0 rings (SSSR count). The molecule has 80 valence electrons. The smallest absolute Gasteiger partial charge is 0.309 e. The fraction of sp³-hybridized carbons (Fsp3) is 0.800. The molecule has 1 unspecified atom stereocenters. The van der Waals surface area contributed by atoms with Gasteiger partial charge in [-0.15, -0.1) is 0 Å². The van der Waals surface area contributed by atoms with E-state index in [2.05, 4.69) is 0 Å². The Balaban J connectivity index is 3.94. The normalized spacial score (nSPS) is 13.1. The van der Waals surface area contributed by atoms with Gasteiger partial charge in [-0.2, -0.15) is 5.26 Å². The molecule has 14 heavy (non-hydrogen) atoms. The lowest BCUT2D eigenvalue weighted by molar-refractivity contribution is -0.175. The first-order valence-electron chi connectivity index (χ1n) is 4.63. The van der Waals surface area contributed by atoms with Crippen LogP contribution in [0, 0.1) is 16.7 Å². The van der Waals surface area contributed by atoms with Crippen molar-refractivity contribution in [3.05, 3.63) is 0 Å². The van der Waals surface area contributed by atoms with Gasteiger partial charge in [0.05, 0.1) is 17.9 Å². The Morgan fingerprint density at radius 3 is 2.57 bits per heavy atom. The minimum absolute atomic E-state index is 0.0842. The third-order valence-electron chi connectivity index (χ3n) is 1.59. The van der Waals surface area contributed by atoms with Crippen LogP contribution in [-0.4, -0.2) is 18.9 Å². The quantitative estimate of drug-likeness (QED) is 0.501. The van der Waals surface area contributed by atoms with Crippen LogP contribution in [0.25, 0.3) is 0 Å². The Labute approximate surface area is 84.8 Å². The number of hydrogen-bond donors (Lipinski definition) is 0. The summed E-state index contributed by atoms with van der Waals surface area (Å²) < 4.78 is 9.95. The number of esters is 1. The van der Waals surface area contributed by atoms with Gasteiger partial charge < -0.3 is 9.47 Å². The predicted octanol–water partition coefficient (Wildman–Crippen LogP) is 1.85. The molecule has 0 fully saturated rings. The van der Waals surface area contributed by atoms with Crippen molar-refractivity contribution in [1.82, 2.24) is 0 Å². The van der Waals surface area contributed by atoms with Crippen LogP contribution in [0.15, 0.2) is 0 Å². The van der Waals surface area contributed by atoms with Crippen molar-refractivity contribution < 1.29 is 14.3 Å². The molecule has 0 aromatic heterocycles. The average molecular weight is 199 g/mol. The van der Waals surface area contributed by atoms with E-state index >= 15 is 0 Å². The average Bonchev–Trinajstić information content (AvgIpc) is 2.03. The van der Waals surface area contributed by atoms with Crippen molar-refractivity contribution >= 4 is 5.97 Å². The summed E-state index contributed by atoms with van der Waals surface area (Å²) in [6.45, 7) is 7.36. The van der Waals surface area contributed by atoms with Crippen LogP contribution in [-0.2, 0) is 14.3 Å². The Morgan fingerprint density at radius 1 is 1.57 bits per heavy atom. The summed E-state index contributed by atoms with van der Waals surface area (Å²) in [4.78, 5) is 11.2. The van der Waals surface area contributed by atoms with Crippen molar-refractivity contribution in [3.63, 3.8) is 0 Å². The van der Waals surface area contributed by atoms with E-state index in [-0.39, 0.29) is 6.42 Å². The maximum atomic E-state index is 11.2. The van der Waals surface area contributed by atoms with Crippen LogP contribution >= 0.6 is 0 Å². The molecule has 0 radical (unpaired) electrons. The summed E-state index contributed by atoms with van der Waals surface area (Å²) in [6.07, 6.45) is -0.456. The number of nitrogens with zero attached hydrogens (tertiary/aromatic N) is 1. The molecule has 0 heterocycles. The van der Waals surface area contributed by atoms with Crippen LogP contribution in [0.4, 0.5) is 0 Å². The highest BCUT2D eigenvalue weighted by molar-refractivity contribution is 5.70. The molecule has 4 heteroatoms. The minimum atomic E-state index is -0.678. The Bertz CT molecular complexity index is 230. The molecule has 0 aliphatic rings. The zero-order chi connectivity index (χ0) is 11.2. The molecular formula is C10H17NO3. The van der Waals surface area contributed by atoms with E-state index in [1.807, 2.05) is 13.0 Å². The number of nitriles is 1. The zero-order valence-electron chi connectivity index (χ0n) is 9.16. The number of hydrogen-bond acceptors (Lipinski definition) is 4. The van der Waals surface area contributed by atoms with Gasteiger partial charge in [0.2, 0.25) is 0 Å². The van der Waals surface area contributed by atoms with Gasteiger partial charge in [-0.05, 0) is 27.7 Å². The highest BCUT2D eigenvalue weighted by atomic mass is 16.7. The Hall–Kier alpha value is -1.08. The first-order valence-corrected chi connectivity index (χ1v) is 4.63. The molecular weight excluding hydrogens is 182 g/mol. The van der Waals surface area contributed by atoms with E-state index in [1.165, 1.54) is 0 Å². The van der Waals surface area contributed by atoms with Crippen molar-refractivity contribution in [2.75, 3.05) is 6.61 Å². The van der Waals surface area contributed by atoms with E-state index < -0.39 is 17.7 Å². The molecule has 0 N–H and O–H groups in total. The lowest BCUT2D eigenvalue weighted by Crippen LogP contribution is -2.22. The molecule has 0 spiro atoms. The maximum Gasteiger partial charge on any atom is 0.309 e. The second-order valence-electron chi connectivity index (χ2n) is 3.69. The standard InChI is InChI=1S/C10H17NO3/c1-5-13-8(2)14-9(12)6-10(3,4)7-11/h8H,5-6H2,1-4H3. The predicted molar refractivity (Wildman–Crippen MR) is 51.2 cm³/mol. The van der Waals surface area contributed by atoms with Crippen molar-refractivity contribution in [2.45, 2.75) is 40.4 Å². The number of carbonyl (C=O) groups is 1. The number of carbonyl (C=O) groups excluding carboxylic acids is 1. The number of ether oxygens (including phenoxy) is 2. The van der Waals surface area contributed by atoms with Crippen molar-refractivity contribution in [1.29, 1.82) is 5.26 Å². The second kappa shape index (κ2) is 5.61. The Kier molecular flexibility index (Phi) is 5.18. The van der Waals surface area contributed by atoms with E-state index in [0.717, 1.165) is 0 Å². The van der Waals surface area contributed by atoms with Gasteiger partial charge in [-0.3, -0.25) is 4.79 Å². The molecule has 0 saturated carbocycles. The first-order chi connectivity index (χ1) is 6.41. The largest absolute Gasteiger partial charge is 0.436 e. The maximum absolute atomic E-state index is 11.2. The third kappa shape index (κ3) is 5.55. The lowest BCUT2D eigenvalue weighted by atomic mass is 9.92. The number of rotatable bonds is 5. The molecule has 1 atom stereocenters. The molecule has 0 amide bonds. The van der Waals surface area contributed by atoms with Crippen LogP contribution in [0.2, 0.25) is 0 Å². The molecule has 4 nitrogen and oxygen atoms in total. The summed E-state index contributed by atoms with van der Waals surface area (Å²) in [5.74, 6) is -0.405. The van der Waals surface area contributed by atoms with Gasteiger partial charge in [-0.1, -0.05) is 0 Å². The van der Waals surface area contributed by atoms with Crippen LogP contribution in [0.5, 0.6) is 0 Å². The zero-order valence-corrected chi connectivity index (χ0v) is 9.16. The van der Waals surface area contributed by atoms with Gasteiger partial charge >= 0.3 is 5.97 Å². The van der Waals surface area contributed by atoms with Gasteiger partial charge in [-0.25, -0.2) is 0 Å². The topological polar surface area (TPSA) is 59.3 Å². The van der Waals surface area contributed by atoms with E-state index in [9.17, 15) is 4.79 Å². The van der Waals surface area contributed by atoms with E-state index in [0.29, 0.717) is 6.61 Å². The highest BCUT2D eigenvalue weighted by Crippen LogP contribution is 2.19. The monoisotopic (exact) mass is 199 g/mol. The molecule has 0 aromatic carbocycles. The van der Waals surface area contributed by atoms with Gasteiger partial charge in [0.25, 0.3) is 0 Å². The van der Waals surface area contributed by atoms with Gasteiger partial charge in [0.15, 0.2) is 6.29 Å². The van der Waals surface area contributed by atoms with E-state index in [1.54, 1.807) is 20.8 Å². The SMILES string of the molecule is CCOC(C)OC(=O)CC(C)(C)C#N. The Morgan fingerprint density at radius 2 is 2.14 bits per heavy atom. The lowest BCUT2D eigenvalue weighted by Gasteiger charge is -2.17. The second-order valence-corrected chi connectivity index (χ2v) is 3.69. The summed E-state index contributed by atoms with van der Waals surface area (Å²) in [6, 6.07) is 2.04. The van der Waals surface area contributed by atoms with Crippen LogP contribution in [0.3, 0.4) is 0 Å². The minimum Gasteiger partial charge on any atom is -0.436 e. The summed E-state index contributed by atoms with van der Waals surface area (Å²) in [7, 11) is 0. The van der Waals surface area contributed by atoms with Crippen LogP contribution in [0.1, 0.15) is 34.1 Å². The fourth-order valence-corrected chi connectivity index (χ4v) is 0.896. The first kappa shape index (κ1) is 12.9. The van der Waals surface area contributed by atoms with Gasteiger partial charge in [0, 0.05) is 6.61 Å². The molecule has 0 saturated heterocycles. The highest BCUT2D eigenvalue weighted by Gasteiger charge is 2.23. The molecule has 0 aromatic rings. The van der Waals surface area contributed by atoms with E-state index in [4.69, 9.17) is 14.7 Å². The summed E-state index contributed by atoms with van der Waals surface area (Å²) >= 11 is 0. The third-order valence-corrected chi connectivity index (χ3v) is 1.59. The molecule has 0 bridgehead atoms. The summed E-state index contributed by atoms with van der Waals surface area (Å²) in [5, 5.41) is 8.69. The van der Waals surface area contributed by atoms with Crippen molar-refractivity contribution in [2.24, 2.45) is 5.41 Å². The molecule has 0 aliphatic heterocycles. The van der Waals surface area contributed by atoms with Crippen LogP contribution < -0.4 is 0 Å². The fourth-order valence-electron chi connectivity index (χ4n) is 0.896. The molecule has 0 aliphatic carbocycles. The van der Waals surface area contributed by atoms with Crippen molar-refractivity contribution in [3.8, 4) is 6.07 Å².